The van der Waals surface area contributed by atoms with E-state index in [-0.39, 0.29) is 11.9 Å². The summed E-state index contributed by atoms with van der Waals surface area (Å²) in [6.45, 7) is 0.780. The SMILES string of the molecule is CNC(CCN(C)c1ccccc1F)c1ccc(Br)cc1. The Kier molecular flexibility index (Phi) is 5.76. The molecule has 4 heteroatoms. The molecular formula is C17H20BrFN2. The van der Waals surface area contributed by atoms with Crippen molar-refractivity contribution in [3.8, 4) is 0 Å². The molecule has 0 radical (unpaired) electrons. The standard InChI is InChI=1S/C17H20BrFN2/c1-20-16(13-7-9-14(18)10-8-13)11-12-21(2)17-6-4-3-5-15(17)19/h3-10,16,20H,11-12H2,1-2H3. The normalized spacial score (nSPS) is 12.2. The van der Waals surface area contributed by atoms with Crippen molar-refractivity contribution < 1.29 is 4.39 Å². The van der Waals surface area contributed by atoms with Crippen LogP contribution in [0.25, 0.3) is 0 Å². The quantitative estimate of drug-likeness (QED) is 0.831. The minimum absolute atomic E-state index is 0.176. The van der Waals surface area contributed by atoms with Gasteiger partial charge in [0.1, 0.15) is 5.82 Å². The first-order chi connectivity index (χ1) is 10.1. The van der Waals surface area contributed by atoms with Gasteiger partial charge in [0.05, 0.1) is 5.69 Å². The molecular weight excluding hydrogens is 331 g/mol. The van der Waals surface area contributed by atoms with Crippen LogP contribution < -0.4 is 10.2 Å². The molecule has 1 unspecified atom stereocenters. The molecule has 1 N–H and O–H groups in total. The summed E-state index contributed by atoms with van der Waals surface area (Å²) < 4.78 is 14.8. The van der Waals surface area contributed by atoms with Gasteiger partial charge < -0.3 is 10.2 Å². The summed E-state index contributed by atoms with van der Waals surface area (Å²) in [4.78, 5) is 1.96. The number of halogens is 2. The van der Waals surface area contributed by atoms with Crippen molar-refractivity contribution in [3.05, 3.63) is 64.4 Å². The molecule has 112 valence electrons. The molecule has 0 bridgehead atoms. The Morgan fingerprint density at radius 2 is 1.81 bits per heavy atom. The monoisotopic (exact) mass is 350 g/mol. The number of anilines is 1. The fourth-order valence-electron chi connectivity index (χ4n) is 2.38. The highest BCUT2D eigenvalue weighted by Crippen LogP contribution is 2.22. The lowest BCUT2D eigenvalue weighted by Gasteiger charge is -2.24. The number of hydrogen-bond acceptors (Lipinski definition) is 2. The largest absolute Gasteiger partial charge is 0.372 e. The van der Waals surface area contributed by atoms with Gasteiger partial charge in [0.15, 0.2) is 0 Å². The van der Waals surface area contributed by atoms with Crippen LogP contribution in [0.5, 0.6) is 0 Å². The van der Waals surface area contributed by atoms with Gasteiger partial charge >= 0.3 is 0 Å². The molecule has 2 aromatic rings. The second-order valence-electron chi connectivity index (χ2n) is 5.05. The third-order valence-electron chi connectivity index (χ3n) is 3.64. The van der Waals surface area contributed by atoms with Crippen molar-refractivity contribution in [2.75, 3.05) is 25.5 Å². The zero-order valence-corrected chi connectivity index (χ0v) is 13.9. The summed E-state index contributed by atoms with van der Waals surface area (Å²) >= 11 is 3.45. The van der Waals surface area contributed by atoms with Crippen LogP contribution in [0.2, 0.25) is 0 Å². The van der Waals surface area contributed by atoms with Gasteiger partial charge in [0.2, 0.25) is 0 Å². The summed E-state index contributed by atoms with van der Waals surface area (Å²) in [5, 5.41) is 3.32. The Hall–Kier alpha value is -1.39. The summed E-state index contributed by atoms with van der Waals surface area (Å²) in [7, 11) is 3.88. The lowest BCUT2D eigenvalue weighted by molar-refractivity contribution is 0.545. The predicted molar refractivity (Wildman–Crippen MR) is 90.2 cm³/mol. The topological polar surface area (TPSA) is 15.3 Å². The Morgan fingerprint density at radius 1 is 1.14 bits per heavy atom. The van der Waals surface area contributed by atoms with Gasteiger partial charge in [-0.3, -0.25) is 0 Å². The minimum atomic E-state index is -0.176. The molecule has 0 fully saturated rings. The van der Waals surface area contributed by atoms with Gasteiger partial charge in [-0.05, 0) is 43.3 Å². The Morgan fingerprint density at radius 3 is 2.43 bits per heavy atom. The second kappa shape index (κ2) is 7.57. The van der Waals surface area contributed by atoms with Crippen LogP contribution in [-0.4, -0.2) is 20.6 Å². The average Bonchev–Trinajstić information content (AvgIpc) is 2.49. The van der Waals surface area contributed by atoms with Crippen molar-refractivity contribution in [3.63, 3.8) is 0 Å². The van der Waals surface area contributed by atoms with E-state index < -0.39 is 0 Å². The molecule has 0 heterocycles. The first-order valence-electron chi connectivity index (χ1n) is 7.00. The first-order valence-corrected chi connectivity index (χ1v) is 7.79. The van der Waals surface area contributed by atoms with E-state index in [9.17, 15) is 4.39 Å². The molecule has 0 aliphatic heterocycles. The summed E-state index contributed by atoms with van der Waals surface area (Å²) in [6, 6.07) is 15.4. The highest BCUT2D eigenvalue weighted by atomic mass is 79.9. The zero-order valence-electron chi connectivity index (χ0n) is 12.3. The van der Waals surface area contributed by atoms with Gasteiger partial charge in [0.25, 0.3) is 0 Å². The molecule has 2 nitrogen and oxygen atoms in total. The first kappa shape index (κ1) is 16.0. The maximum atomic E-state index is 13.8. The van der Waals surface area contributed by atoms with Crippen molar-refractivity contribution >= 4 is 21.6 Å². The number of benzene rings is 2. The van der Waals surface area contributed by atoms with Crippen molar-refractivity contribution in [2.24, 2.45) is 0 Å². The maximum absolute atomic E-state index is 13.8. The minimum Gasteiger partial charge on any atom is -0.372 e. The van der Waals surface area contributed by atoms with E-state index >= 15 is 0 Å². The molecule has 0 amide bonds. The molecule has 2 rings (SSSR count). The van der Waals surface area contributed by atoms with Crippen molar-refractivity contribution in [1.29, 1.82) is 0 Å². The Labute approximate surface area is 134 Å². The van der Waals surface area contributed by atoms with E-state index in [4.69, 9.17) is 0 Å². The van der Waals surface area contributed by atoms with Gasteiger partial charge in [-0.25, -0.2) is 4.39 Å². The number of hydrogen-bond donors (Lipinski definition) is 1. The van der Waals surface area contributed by atoms with E-state index in [1.807, 2.05) is 43.3 Å². The van der Waals surface area contributed by atoms with Gasteiger partial charge in [-0.15, -0.1) is 0 Å². The Balaban J connectivity index is 2.00. The molecule has 0 saturated heterocycles. The zero-order chi connectivity index (χ0) is 15.2. The lowest BCUT2D eigenvalue weighted by Crippen LogP contribution is -2.25. The van der Waals surface area contributed by atoms with E-state index in [2.05, 4.69) is 33.4 Å². The van der Waals surface area contributed by atoms with Crippen LogP contribution in [0, 0.1) is 5.82 Å². The average molecular weight is 351 g/mol. The maximum Gasteiger partial charge on any atom is 0.146 e. The lowest BCUT2D eigenvalue weighted by atomic mass is 10.0. The fourth-order valence-corrected chi connectivity index (χ4v) is 2.64. The number of rotatable bonds is 6. The summed E-state index contributed by atoms with van der Waals surface area (Å²) in [6.07, 6.45) is 0.906. The van der Waals surface area contributed by atoms with Crippen LogP contribution >= 0.6 is 15.9 Å². The van der Waals surface area contributed by atoms with E-state index in [1.54, 1.807) is 6.07 Å². The van der Waals surface area contributed by atoms with Crippen LogP contribution in [0.15, 0.2) is 53.0 Å². The van der Waals surface area contributed by atoms with Gasteiger partial charge in [-0.2, -0.15) is 0 Å². The van der Waals surface area contributed by atoms with Crippen LogP contribution in [0.3, 0.4) is 0 Å². The molecule has 2 aromatic carbocycles. The van der Waals surface area contributed by atoms with E-state index in [0.29, 0.717) is 5.69 Å². The number of nitrogens with zero attached hydrogens (tertiary/aromatic N) is 1. The third kappa shape index (κ3) is 4.29. The summed E-state index contributed by atoms with van der Waals surface area (Å²) in [5.74, 6) is -0.176. The molecule has 0 aliphatic carbocycles. The number of para-hydroxylation sites is 1. The van der Waals surface area contributed by atoms with Crippen molar-refractivity contribution in [1.82, 2.24) is 5.32 Å². The smallest absolute Gasteiger partial charge is 0.146 e. The highest BCUT2D eigenvalue weighted by molar-refractivity contribution is 9.10. The molecule has 1 atom stereocenters. The Bertz CT molecular complexity index is 571. The second-order valence-corrected chi connectivity index (χ2v) is 5.97. The molecule has 0 saturated carbocycles. The van der Waals surface area contributed by atoms with Gasteiger partial charge in [-0.1, -0.05) is 40.2 Å². The predicted octanol–water partition coefficient (Wildman–Crippen LogP) is 4.38. The molecule has 21 heavy (non-hydrogen) atoms. The molecule has 0 spiro atoms. The summed E-state index contributed by atoms with van der Waals surface area (Å²) in [5.41, 5.74) is 1.88. The highest BCUT2D eigenvalue weighted by Gasteiger charge is 2.12. The van der Waals surface area contributed by atoms with Crippen LogP contribution in [-0.2, 0) is 0 Å². The van der Waals surface area contributed by atoms with Crippen LogP contribution in [0.1, 0.15) is 18.0 Å². The number of nitrogens with one attached hydrogen (secondary N) is 1. The molecule has 0 aromatic heterocycles. The molecule has 0 aliphatic rings. The fraction of sp³-hybridized carbons (Fsp3) is 0.294. The third-order valence-corrected chi connectivity index (χ3v) is 4.17. The van der Waals surface area contributed by atoms with Crippen molar-refractivity contribution in [2.45, 2.75) is 12.5 Å². The van der Waals surface area contributed by atoms with E-state index in [0.717, 1.165) is 17.4 Å². The van der Waals surface area contributed by atoms with Gasteiger partial charge in [0, 0.05) is 24.1 Å². The van der Waals surface area contributed by atoms with Crippen LogP contribution in [0.4, 0.5) is 10.1 Å². The van der Waals surface area contributed by atoms with E-state index in [1.165, 1.54) is 11.6 Å².